The molecule has 1 unspecified atom stereocenters. The summed E-state index contributed by atoms with van der Waals surface area (Å²) in [4.78, 5) is 21.4. The van der Waals surface area contributed by atoms with Gasteiger partial charge in [0.1, 0.15) is 5.82 Å². The molecule has 0 saturated carbocycles. The molecule has 4 nitrogen and oxygen atoms in total. The lowest BCUT2D eigenvalue weighted by Gasteiger charge is -2.27. The molecule has 0 N–H and O–H groups in total. The number of hydrogen-bond donors (Lipinski definition) is 0. The van der Waals surface area contributed by atoms with Gasteiger partial charge in [0.2, 0.25) is 5.91 Å². The summed E-state index contributed by atoms with van der Waals surface area (Å²) in [5.74, 6) is -0.281. The van der Waals surface area contributed by atoms with Gasteiger partial charge in [0.15, 0.2) is 4.96 Å². The quantitative estimate of drug-likeness (QED) is 0.221. The van der Waals surface area contributed by atoms with E-state index in [1.807, 2.05) is 59.6 Å². The zero-order valence-corrected chi connectivity index (χ0v) is 21.0. The number of benzene rings is 3. The zero-order chi connectivity index (χ0) is 24.9. The second-order valence-corrected chi connectivity index (χ2v) is 9.72. The molecule has 36 heavy (non-hydrogen) atoms. The normalized spacial score (nSPS) is 12.1. The van der Waals surface area contributed by atoms with Gasteiger partial charge in [0.25, 0.3) is 0 Å². The van der Waals surface area contributed by atoms with Gasteiger partial charge in [-0.1, -0.05) is 67.6 Å². The molecular formula is C30H28FN3OS. The molecule has 0 bridgehead atoms. The number of fused-ring (bicyclic) bond motifs is 1. The topological polar surface area (TPSA) is 37.6 Å². The summed E-state index contributed by atoms with van der Waals surface area (Å²) in [6.45, 7) is 3.25. The lowest BCUT2D eigenvalue weighted by Crippen LogP contribution is -2.36. The Balaban J connectivity index is 1.39. The third-order valence-electron chi connectivity index (χ3n) is 6.50. The van der Waals surface area contributed by atoms with Crippen LogP contribution in [0, 0.1) is 5.82 Å². The van der Waals surface area contributed by atoms with Crippen molar-refractivity contribution >= 4 is 22.2 Å². The number of carbonyl (C=O) groups excluding carboxylic acids is 1. The number of amides is 1. The number of aromatic nitrogens is 2. The zero-order valence-electron chi connectivity index (χ0n) is 20.2. The fourth-order valence-electron chi connectivity index (χ4n) is 4.55. The fourth-order valence-corrected chi connectivity index (χ4v) is 5.46. The van der Waals surface area contributed by atoms with Gasteiger partial charge in [-0.25, -0.2) is 9.37 Å². The highest BCUT2D eigenvalue weighted by atomic mass is 32.1. The van der Waals surface area contributed by atoms with Gasteiger partial charge in [0.05, 0.1) is 11.6 Å². The Morgan fingerprint density at radius 1 is 1.00 bits per heavy atom. The van der Waals surface area contributed by atoms with Crippen LogP contribution in [0.1, 0.15) is 36.1 Å². The predicted molar refractivity (Wildman–Crippen MR) is 143 cm³/mol. The minimum Gasteiger partial charge on any atom is -0.337 e. The standard InChI is InChI=1S/C30H28FN3OS/c1-2-27(23-11-7-4-8-12-23)29(35)33(19-22-9-5-3-6-10-22)18-17-26-21-36-30-32-28(20-34(26)30)24-13-15-25(31)16-14-24/h3-16,20-21,27H,2,17-19H2,1H3. The van der Waals surface area contributed by atoms with Crippen LogP contribution >= 0.6 is 11.3 Å². The van der Waals surface area contributed by atoms with E-state index in [9.17, 15) is 9.18 Å². The summed E-state index contributed by atoms with van der Waals surface area (Å²) >= 11 is 1.58. The van der Waals surface area contributed by atoms with Gasteiger partial charge in [-0.15, -0.1) is 11.3 Å². The second kappa shape index (κ2) is 10.9. The molecule has 1 atom stereocenters. The van der Waals surface area contributed by atoms with Crippen molar-refractivity contribution in [2.45, 2.75) is 32.2 Å². The molecule has 0 aliphatic heterocycles. The lowest BCUT2D eigenvalue weighted by molar-refractivity contribution is -0.133. The number of imidazole rings is 1. The van der Waals surface area contributed by atoms with E-state index < -0.39 is 0 Å². The van der Waals surface area contributed by atoms with Crippen molar-refractivity contribution in [3.05, 3.63) is 119 Å². The number of halogens is 1. The summed E-state index contributed by atoms with van der Waals surface area (Å²) in [5.41, 5.74) is 4.97. The van der Waals surface area contributed by atoms with Gasteiger partial charge in [-0.2, -0.15) is 0 Å². The first-order valence-corrected chi connectivity index (χ1v) is 13.1. The van der Waals surface area contributed by atoms with Crippen molar-refractivity contribution in [1.29, 1.82) is 0 Å². The second-order valence-electron chi connectivity index (χ2n) is 8.88. The van der Waals surface area contributed by atoms with Crippen molar-refractivity contribution < 1.29 is 9.18 Å². The molecule has 3 aromatic carbocycles. The SMILES string of the molecule is CCC(C(=O)N(CCc1csc2nc(-c3ccc(F)cc3)cn12)Cc1ccccc1)c1ccccc1. The molecular weight excluding hydrogens is 469 g/mol. The highest BCUT2D eigenvalue weighted by Gasteiger charge is 2.25. The van der Waals surface area contributed by atoms with Crippen molar-refractivity contribution in [2.24, 2.45) is 0 Å². The van der Waals surface area contributed by atoms with Crippen LogP contribution in [0.25, 0.3) is 16.2 Å². The van der Waals surface area contributed by atoms with Gasteiger partial charge in [0, 0.05) is 42.3 Å². The predicted octanol–water partition coefficient (Wildman–Crippen LogP) is 6.97. The van der Waals surface area contributed by atoms with Crippen LogP contribution in [0.3, 0.4) is 0 Å². The van der Waals surface area contributed by atoms with Crippen molar-refractivity contribution in [2.75, 3.05) is 6.54 Å². The highest BCUT2D eigenvalue weighted by Crippen LogP contribution is 2.26. The van der Waals surface area contributed by atoms with E-state index in [0.29, 0.717) is 19.5 Å². The van der Waals surface area contributed by atoms with Crippen LogP contribution in [0.2, 0.25) is 0 Å². The van der Waals surface area contributed by atoms with Gasteiger partial charge in [-0.05, 0) is 41.8 Å². The maximum Gasteiger partial charge on any atom is 0.230 e. The third-order valence-corrected chi connectivity index (χ3v) is 7.39. The van der Waals surface area contributed by atoms with Crippen LogP contribution < -0.4 is 0 Å². The molecule has 2 aromatic heterocycles. The highest BCUT2D eigenvalue weighted by molar-refractivity contribution is 7.15. The Hall–Kier alpha value is -3.77. The van der Waals surface area contributed by atoms with Crippen LogP contribution in [-0.4, -0.2) is 26.7 Å². The Kier molecular flexibility index (Phi) is 7.23. The average molecular weight is 498 g/mol. The van der Waals surface area contributed by atoms with Gasteiger partial charge in [-0.3, -0.25) is 9.20 Å². The molecule has 0 aliphatic rings. The van der Waals surface area contributed by atoms with Crippen LogP contribution in [0.4, 0.5) is 4.39 Å². The Morgan fingerprint density at radius 3 is 2.39 bits per heavy atom. The molecule has 2 heterocycles. The maximum absolute atomic E-state index is 13.8. The Morgan fingerprint density at radius 2 is 1.69 bits per heavy atom. The van der Waals surface area contributed by atoms with Crippen molar-refractivity contribution in [3.63, 3.8) is 0 Å². The molecule has 6 heteroatoms. The number of carbonyl (C=O) groups is 1. The number of rotatable bonds is 9. The number of hydrogen-bond acceptors (Lipinski definition) is 3. The van der Waals surface area contributed by atoms with Crippen LogP contribution in [0.15, 0.2) is 96.5 Å². The van der Waals surface area contributed by atoms with E-state index in [1.54, 1.807) is 23.5 Å². The number of thiazole rings is 1. The molecule has 0 aliphatic carbocycles. The largest absolute Gasteiger partial charge is 0.337 e. The first-order chi connectivity index (χ1) is 17.6. The van der Waals surface area contributed by atoms with Crippen molar-refractivity contribution in [3.8, 4) is 11.3 Å². The molecule has 0 fully saturated rings. The van der Waals surface area contributed by atoms with E-state index in [2.05, 4.69) is 28.8 Å². The third kappa shape index (κ3) is 5.24. The van der Waals surface area contributed by atoms with Gasteiger partial charge >= 0.3 is 0 Å². The van der Waals surface area contributed by atoms with E-state index in [0.717, 1.165) is 39.5 Å². The minimum absolute atomic E-state index is 0.150. The van der Waals surface area contributed by atoms with Crippen molar-refractivity contribution in [1.82, 2.24) is 14.3 Å². The average Bonchev–Trinajstić information content (AvgIpc) is 3.50. The lowest BCUT2D eigenvalue weighted by atomic mass is 9.94. The minimum atomic E-state index is -0.260. The molecule has 1 amide bonds. The van der Waals surface area contributed by atoms with Crippen LogP contribution in [-0.2, 0) is 17.8 Å². The van der Waals surface area contributed by atoms with Gasteiger partial charge < -0.3 is 4.90 Å². The van der Waals surface area contributed by atoms with E-state index >= 15 is 0 Å². The first-order valence-electron chi connectivity index (χ1n) is 12.2. The fraction of sp³-hybridized carbons (Fsp3) is 0.200. The summed E-state index contributed by atoms with van der Waals surface area (Å²) in [6.07, 6.45) is 3.46. The van der Waals surface area contributed by atoms with E-state index in [4.69, 9.17) is 4.98 Å². The summed E-state index contributed by atoms with van der Waals surface area (Å²) in [7, 11) is 0. The first kappa shape index (κ1) is 23.9. The number of nitrogens with zero attached hydrogens (tertiary/aromatic N) is 3. The molecule has 5 rings (SSSR count). The summed E-state index contributed by atoms with van der Waals surface area (Å²) < 4.78 is 15.4. The molecule has 0 radical (unpaired) electrons. The van der Waals surface area contributed by atoms with E-state index in [1.165, 1.54) is 12.1 Å². The van der Waals surface area contributed by atoms with E-state index in [-0.39, 0.29) is 17.6 Å². The molecule has 182 valence electrons. The smallest absolute Gasteiger partial charge is 0.230 e. The monoisotopic (exact) mass is 497 g/mol. The maximum atomic E-state index is 13.8. The molecule has 5 aromatic rings. The Labute approximate surface area is 214 Å². The molecule has 0 spiro atoms. The summed E-state index contributed by atoms with van der Waals surface area (Å²) in [5, 5.41) is 2.11. The van der Waals surface area contributed by atoms with Crippen LogP contribution in [0.5, 0.6) is 0 Å². The molecule has 0 saturated heterocycles. The Bertz CT molecular complexity index is 1430. The summed E-state index contributed by atoms with van der Waals surface area (Å²) in [6, 6.07) is 26.6.